The number of aromatic carboxylic acids is 1. The second kappa shape index (κ2) is 7.87. The van der Waals surface area contributed by atoms with Crippen LogP contribution in [0.3, 0.4) is 0 Å². The number of carboxylic acids is 1. The van der Waals surface area contributed by atoms with Crippen LogP contribution >= 0.6 is 0 Å². The highest BCUT2D eigenvalue weighted by atomic mass is 16.4. The molecular formula is C21H20N4O3. The third-order valence-electron chi connectivity index (χ3n) is 4.15. The summed E-state index contributed by atoms with van der Waals surface area (Å²) in [5.74, 6) is -1.43. The van der Waals surface area contributed by atoms with Crippen LogP contribution in [0.15, 0.2) is 53.5 Å². The van der Waals surface area contributed by atoms with Crippen molar-refractivity contribution in [2.24, 2.45) is 0 Å². The second-order valence-corrected chi connectivity index (χ2v) is 6.50. The van der Waals surface area contributed by atoms with Crippen molar-refractivity contribution in [2.75, 3.05) is 5.73 Å². The highest BCUT2D eigenvalue weighted by Gasteiger charge is 2.18. The number of pyridine rings is 1. The van der Waals surface area contributed by atoms with Crippen LogP contribution in [-0.4, -0.2) is 25.6 Å². The number of hydrogen-bond donors (Lipinski definition) is 2. The van der Waals surface area contributed by atoms with E-state index in [1.807, 2.05) is 50.3 Å². The van der Waals surface area contributed by atoms with Crippen LogP contribution in [0.25, 0.3) is 23.4 Å². The second-order valence-electron chi connectivity index (χ2n) is 6.50. The van der Waals surface area contributed by atoms with Crippen LogP contribution in [-0.2, 0) is 0 Å². The van der Waals surface area contributed by atoms with E-state index in [0.717, 1.165) is 5.56 Å². The van der Waals surface area contributed by atoms with E-state index in [1.165, 1.54) is 6.07 Å². The largest absolute Gasteiger partial charge is 0.476 e. The average molecular weight is 376 g/mol. The summed E-state index contributed by atoms with van der Waals surface area (Å²) in [4.78, 5) is 32.0. The molecule has 28 heavy (non-hydrogen) atoms. The van der Waals surface area contributed by atoms with Gasteiger partial charge in [0.15, 0.2) is 11.5 Å². The summed E-state index contributed by atoms with van der Waals surface area (Å²) in [7, 11) is 0. The first-order chi connectivity index (χ1) is 13.4. The number of carboxylic acid groups (broad SMARTS) is 1. The average Bonchev–Trinajstić information content (AvgIpc) is 2.67. The molecule has 0 atom stereocenters. The maximum atomic E-state index is 12.1. The van der Waals surface area contributed by atoms with Gasteiger partial charge in [-0.3, -0.25) is 4.79 Å². The van der Waals surface area contributed by atoms with Gasteiger partial charge in [0.2, 0.25) is 0 Å². The predicted octanol–water partition coefficient (Wildman–Crippen LogP) is 3.34. The minimum Gasteiger partial charge on any atom is -0.476 e. The molecule has 0 fully saturated rings. The fourth-order valence-corrected chi connectivity index (χ4v) is 2.73. The molecule has 0 aliphatic rings. The molecule has 3 rings (SSSR count). The monoisotopic (exact) mass is 376 g/mol. The number of nitrogens with zero attached hydrogens (tertiary/aromatic N) is 3. The van der Waals surface area contributed by atoms with Crippen LogP contribution < -0.4 is 11.3 Å². The number of benzene rings is 1. The number of anilines is 1. The Balaban J connectivity index is 2.19. The number of aromatic nitrogens is 3. The molecule has 0 spiro atoms. The zero-order valence-corrected chi connectivity index (χ0v) is 15.5. The summed E-state index contributed by atoms with van der Waals surface area (Å²) in [6.07, 6.45) is 5.22. The molecular weight excluding hydrogens is 356 g/mol. The Morgan fingerprint density at radius 3 is 2.46 bits per heavy atom. The Bertz CT molecular complexity index is 1100. The topological polar surface area (TPSA) is 111 Å². The maximum absolute atomic E-state index is 12.1. The Hall–Kier alpha value is -3.74. The van der Waals surface area contributed by atoms with E-state index >= 15 is 0 Å². The van der Waals surface area contributed by atoms with Crippen molar-refractivity contribution in [3.8, 4) is 11.3 Å². The molecule has 1 aromatic carbocycles. The van der Waals surface area contributed by atoms with Crippen molar-refractivity contribution in [1.82, 2.24) is 14.5 Å². The zero-order valence-electron chi connectivity index (χ0n) is 15.5. The highest BCUT2D eigenvalue weighted by Crippen LogP contribution is 2.24. The van der Waals surface area contributed by atoms with E-state index in [-0.39, 0.29) is 23.1 Å². The summed E-state index contributed by atoms with van der Waals surface area (Å²) < 4.78 is 1.55. The first kappa shape index (κ1) is 19.0. The molecule has 7 nitrogen and oxygen atoms in total. The lowest BCUT2D eigenvalue weighted by molar-refractivity contribution is 0.0691. The van der Waals surface area contributed by atoms with Gasteiger partial charge in [-0.1, -0.05) is 36.4 Å². The molecule has 0 unspecified atom stereocenters. The standard InChI is InChI=1S/C21H20N4O3/c1-13(2)25-12-15(9-11-17(25)26)18-16(10-8-14-6-4-3-5-7-14)23-20(22)19(24-18)21(27)28/h3-13H,1-2H3,(H2,22,23)(H,27,28)/b10-8+. The Kier molecular flexibility index (Phi) is 5.35. The summed E-state index contributed by atoms with van der Waals surface area (Å²) in [5, 5.41) is 9.37. The van der Waals surface area contributed by atoms with E-state index in [4.69, 9.17) is 5.73 Å². The number of rotatable bonds is 5. The van der Waals surface area contributed by atoms with Crippen molar-refractivity contribution in [3.05, 3.63) is 76.0 Å². The first-order valence-electron chi connectivity index (χ1n) is 8.73. The van der Waals surface area contributed by atoms with Crippen LogP contribution in [0, 0.1) is 0 Å². The molecule has 0 aliphatic heterocycles. The van der Waals surface area contributed by atoms with Crippen molar-refractivity contribution >= 4 is 23.9 Å². The van der Waals surface area contributed by atoms with E-state index in [9.17, 15) is 14.7 Å². The van der Waals surface area contributed by atoms with E-state index in [1.54, 1.807) is 22.9 Å². The predicted molar refractivity (Wildman–Crippen MR) is 109 cm³/mol. The number of hydrogen-bond acceptors (Lipinski definition) is 5. The minimum atomic E-state index is -1.26. The summed E-state index contributed by atoms with van der Waals surface area (Å²) in [6, 6.07) is 12.6. The van der Waals surface area contributed by atoms with Gasteiger partial charge in [-0.2, -0.15) is 0 Å². The van der Waals surface area contributed by atoms with E-state index in [2.05, 4.69) is 9.97 Å². The van der Waals surface area contributed by atoms with Crippen molar-refractivity contribution in [3.63, 3.8) is 0 Å². The van der Waals surface area contributed by atoms with Gasteiger partial charge in [0.05, 0.1) is 11.4 Å². The van der Waals surface area contributed by atoms with Gasteiger partial charge in [0, 0.05) is 23.9 Å². The van der Waals surface area contributed by atoms with Gasteiger partial charge >= 0.3 is 5.97 Å². The fraction of sp³-hybridized carbons (Fsp3) is 0.143. The molecule has 0 amide bonds. The van der Waals surface area contributed by atoms with Crippen LogP contribution in [0.1, 0.15) is 41.6 Å². The summed E-state index contributed by atoms with van der Waals surface area (Å²) >= 11 is 0. The Labute approximate surface area is 161 Å². The molecule has 0 saturated carbocycles. The van der Waals surface area contributed by atoms with Crippen LogP contribution in [0.5, 0.6) is 0 Å². The molecule has 0 radical (unpaired) electrons. The Morgan fingerprint density at radius 1 is 1.11 bits per heavy atom. The van der Waals surface area contributed by atoms with E-state index in [0.29, 0.717) is 17.0 Å². The fourth-order valence-electron chi connectivity index (χ4n) is 2.73. The highest BCUT2D eigenvalue weighted by molar-refractivity contribution is 5.92. The van der Waals surface area contributed by atoms with Gasteiger partial charge in [0.1, 0.15) is 0 Å². The maximum Gasteiger partial charge on any atom is 0.358 e. The number of nitrogens with two attached hydrogens (primary N) is 1. The van der Waals surface area contributed by atoms with Gasteiger partial charge in [-0.15, -0.1) is 0 Å². The molecule has 2 aromatic heterocycles. The van der Waals surface area contributed by atoms with Gasteiger partial charge in [0.25, 0.3) is 5.56 Å². The van der Waals surface area contributed by atoms with Gasteiger partial charge in [-0.05, 0) is 31.6 Å². The normalized spacial score (nSPS) is 11.2. The van der Waals surface area contributed by atoms with Gasteiger partial charge in [-0.25, -0.2) is 14.8 Å². The molecule has 142 valence electrons. The molecule has 0 aliphatic carbocycles. The van der Waals surface area contributed by atoms with E-state index < -0.39 is 5.97 Å². The SMILES string of the molecule is CC(C)n1cc(-c2nc(C(=O)O)c(N)nc2/C=C/c2ccccc2)ccc1=O. The summed E-state index contributed by atoms with van der Waals surface area (Å²) in [6.45, 7) is 3.78. The lowest BCUT2D eigenvalue weighted by Crippen LogP contribution is -2.20. The van der Waals surface area contributed by atoms with Crippen LogP contribution in [0.2, 0.25) is 0 Å². The molecule has 0 saturated heterocycles. The first-order valence-corrected chi connectivity index (χ1v) is 8.73. The molecule has 3 aromatic rings. The number of carbonyl (C=O) groups is 1. The lowest BCUT2D eigenvalue weighted by atomic mass is 10.1. The summed E-state index contributed by atoms with van der Waals surface area (Å²) in [5.41, 5.74) is 7.61. The quantitative estimate of drug-likeness (QED) is 0.706. The van der Waals surface area contributed by atoms with Crippen molar-refractivity contribution in [2.45, 2.75) is 19.9 Å². The third kappa shape index (κ3) is 3.98. The molecule has 3 N–H and O–H groups in total. The Morgan fingerprint density at radius 2 is 1.82 bits per heavy atom. The third-order valence-corrected chi connectivity index (χ3v) is 4.15. The lowest BCUT2D eigenvalue weighted by Gasteiger charge is -2.13. The molecule has 0 bridgehead atoms. The van der Waals surface area contributed by atoms with Gasteiger partial charge < -0.3 is 15.4 Å². The van der Waals surface area contributed by atoms with Crippen molar-refractivity contribution < 1.29 is 9.90 Å². The minimum absolute atomic E-state index is 0.0588. The molecule has 2 heterocycles. The molecule has 7 heteroatoms. The van der Waals surface area contributed by atoms with Crippen LogP contribution in [0.4, 0.5) is 5.82 Å². The van der Waals surface area contributed by atoms with Crippen molar-refractivity contribution in [1.29, 1.82) is 0 Å². The smallest absolute Gasteiger partial charge is 0.358 e. The zero-order chi connectivity index (χ0) is 20.3. The number of nitrogen functional groups attached to an aromatic ring is 1.